The Morgan fingerprint density at radius 3 is 1.11 bits per heavy atom. The van der Waals surface area contributed by atoms with E-state index < -0.39 is 0 Å². The summed E-state index contributed by atoms with van der Waals surface area (Å²) < 4.78 is 28.9. The first-order valence-electron chi connectivity index (χ1n) is 44.0. The molecule has 0 aliphatic heterocycles. The van der Waals surface area contributed by atoms with Crippen molar-refractivity contribution >= 4 is 181 Å². The van der Waals surface area contributed by atoms with Crippen molar-refractivity contribution in [2.75, 3.05) is 0 Å². The second kappa shape index (κ2) is 29.3. The molecule has 0 saturated carbocycles. The number of hydrogen-bond donors (Lipinski definition) is 0. The van der Waals surface area contributed by atoms with Crippen LogP contribution >= 0.6 is 0 Å². The van der Waals surface area contributed by atoms with E-state index in [-0.39, 0.29) is 0 Å². The van der Waals surface area contributed by atoms with Crippen molar-refractivity contribution in [1.29, 1.82) is 0 Å². The van der Waals surface area contributed by atoms with Gasteiger partial charge in [-0.15, -0.1) is 0 Å². The van der Waals surface area contributed by atoms with Crippen LogP contribution in [0, 0.1) is 0 Å². The fourth-order valence-electron chi connectivity index (χ4n) is 20.4. The molecule has 0 radical (unpaired) electrons. The van der Waals surface area contributed by atoms with Gasteiger partial charge in [0, 0.05) is 133 Å². The Morgan fingerprint density at radius 1 is 0.198 bits per heavy atom. The highest BCUT2D eigenvalue weighted by Gasteiger charge is 2.27. The van der Waals surface area contributed by atoms with Gasteiger partial charge in [-0.3, -0.25) is 13.5 Å². The van der Waals surface area contributed by atoms with Crippen LogP contribution in [0.2, 0.25) is 0 Å². The second-order valence-electron chi connectivity index (χ2n) is 33.3. The number of aromatic nitrogens is 13. The summed E-state index contributed by atoms with van der Waals surface area (Å²) in [4.78, 5) is 29.2. The average Bonchev–Trinajstić information content (AvgIpc) is 1.53. The number of nitrogens with zero attached hydrogens (tertiary/aromatic N) is 13. The molecule has 0 unspecified atom stereocenters. The first kappa shape index (κ1) is 73.3. The number of furan rings is 2. The molecular weight excluding hydrogens is 1610 g/mol. The summed E-state index contributed by atoms with van der Waals surface area (Å²) in [7, 11) is 0. The second-order valence-corrected chi connectivity index (χ2v) is 33.3. The summed E-state index contributed by atoms with van der Waals surface area (Å²) in [6, 6.07) is 147. The molecule has 15 heteroatoms. The molecule has 612 valence electrons. The van der Waals surface area contributed by atoms with Gasteiger partial charge in [0.25, 0.3) is 0 Å². The van der Waals surface area contributed by atoms with Gasteiger partial charge in [-0.1, -0.05) is 243 Å². The molecule has 0 bridgehead atoms. The minimum Gasteiger partial charge on any atom is -0.452 e. The van der Waals surface area contributed by atoms with E-state index in [4.69, 9.17) is 33.8 Å². The van der Waals surface area contributed by atoms with Crippen molar-refractivity contribution in [3.05, 3.63) is 431 Å². The van der Waals surface area contributed by atoms with Crippen LogP contribution in [0.4, 0.5) is 0 Å². The van der Waals surface area contributed by atoms with E-state index in [1.165, 1.54) is 81.4 Å². The maximum Gasteiger partial charge on any atom is 0.227 e. The van der Waals surface area contributed by atoms with E-state index in [2.05, 4.69) is 377 Å². The molecular formula is C116H71N13O2. The van der Waals surface area contributed by atoms with Crippen LogP contribution < -0.4 is 0 Å². The fraction of sp³-hybridized carbons (Fsp3) is 0. The lowest BCUT2D eigenvalue weighted by atomic mass is 10.1. The van der Waals surface area contributed by atoms with E-state index in [1.54, 1.807) is 6.20 Å². The van der Waals surface area contributed by atoms with Gasteiger partial charge in [0.05, 0.1) is 77.2 Å². The Balaban J connectivity index is 0.000000102. The summed E-state index contributed by atoms with van der Waals surface area (Å²) in [5.74, 6) is 3.65. The molecule has 17 aromatic carbocycles. The third-order valence-electron chi connectivity index (χ3n) is 26.1. The lowest BCUT2D eigenvalue weighted by Gasteiger charge is -2.13. The van der Waals surface area contributed by atoms with Crippen molar-refractivity contribution < 1.29 is 8.83 Å². The number of hydrogen-bond acceptors (Lipinski definition) is 8. The molecule has 12 aromatic heterocycles. The predicted molar refractivity (Wildman–Crippen MR) is 534 cm³/mol. The fourth-order valence-corrected chi connectivity index (χ4v) is 20.4. The third kappa shape index (κ3) is 11.4. The number of fused-ring (bicyclic) bond motifs is 27. The molecule has 0 aliphatic carbocycles. The Morgan fingerprint density at radius 2 is 0.573 bits per heavy atom. The Kier molecular flexibility index (Phi) is 16.4. The number of benzene rings is 17. The smallest absolute Gasteiger partial charge is 0.227 e. The molecule has 15 nitrogen and oxygen atoms in total. The van der Waals surface area contributed by atoms with E-state index >= 15 is 0 Å². The normalized spacial score (nSPS) is 12.0. The van der Waals surface area contributed by atoms with Crippen LogP contribution in [0.5, 0.6) is 0 Å². The standard InChI is InChI=1S/C45H29N5.C36H21N5O.C35H21N3O/c1-4-14-30(15-5-1)43-46-44(31-16-6-2-7-17-31)48-45(47-43)32-24-26-34(27-25-32)50-40-23-13-11-21-36(40)38-29-28-37-35-20-10-12-22-39(35)49(41(37)42(38)50)33-18-8-3-9-19-33;1-3-11-29-24(8-1)26-20-23(40-32-13-5-6-14-33(32)41-31-12-4-2-10-28(31)38-36(40)41)15-17-30(26)39(29)22-16-18-34-27(21-22)25-9-7-19-37-35(25)42-34;1-5-13-29-23(9-1)24-10-2-6-14-30(24)37(29)22-17-18-33-28(21-22)27-19-20-36-35(34(27)39-33)38-31-15-7-3-11-25(31)26-12-4-8-16-32(26)38/h1-29H;1-21H;1-21H. The summed E-state index contributed by atoms with van der Waals surface area (Å²) >= 11 is 0. The molecule has 0 amide bonds. The van der Waals surface area contributed by atoms with Crippen LogP contribution in [0.25, 0.3) is 249 Å². The van der Waals surface area contributed by atoms with Gasteiger partial charge in [0.2, 0.25) is 11.5 Å². The highest BCUT2D eigenvalue weighted by molar-refractivity contribution is 6.24. The zero-order valence-corrected chi connectivity index (χ0v) is 70.1. The van der Waals surface area contributed by atoms with Crippen LogP contribution in [0.3, 0.4) is 0 Å². The Bertz CT molecular complexity index is 9540. The van der Waals surface area contributed by atoms with E-state index in [1.807, 2.05) is 85.1 Å². The van der Waals surface area contributed by atoms with E-state index in [0.29, 0.717) is 23.2 Å². The van der Waals surface area contributed by atoms with Crippen molar-refractivity contribution in [3.8, 4) is 68.4 Å². The molecule has 0 N–H and O–H groups in total. The number of imidazole rings is 2. The molecule has 0 atom stereocenters. The zero-order chi connectivity index (χ0) is 85.9. The predicted octanol–water partition coefficient (Wildman–Crippen LogP) is 29.1. The molecule has 0 saturated heterocycles. The van der Waals surface area contributed by atoms with Crippen molar-refractivity contribution in [2.45, 2.75) is 0 Å². The lowest BCUT2D eigenvalue weighted by Crippen LogP contribution is -2.01. The molecule has 12 heterocycles. The molecule has 0 aliphatic rings. The number of para-hydroxylation sites is 12. The molecule has 0 fully saturated rings. The summed E-state index contributed by atoms with van der Waals surface area (Å²) in [5, 5.41) is 16.4. The van der Waals surface area contributed by atoms with Crippen molar-refractivity contribution in [3.63, 3.8) is 0 Å². The number of pyridine rings is 2. The van der Waals surface area contributed by atoms with Gasteiger partial charge >= 0.3 is 0 Å². The summed E-state index contributed by atoms with van der Waals surface area (Å²) in [6.45, 7) is 0. The van der Waals surface area contributed by atoms with Gasteiger partial charge in [-0.25, -0.2) is 29.9 Å². The molecule has 29 rings (SSSR count). The molecule has 131 heavy (non-hydrogen) atoms. The quantitative estimate of drug-likeness (QED) is 0.139. The lowest BCUT2D eigenvalue weighted by molar-refractivity contribution is 0.654. The van der Waals surface area contributed by atoms with Crippen molar-refractivity contribution in [2.24, 2.45) is 0 Å². The van der Waals surface area contributed by atoms with Crippen molar-refractivity contribution in [1.82, 2.24) is 61.7 Å². The molecule has 0 spiro atoms. The largest absolute Gasteiger partial charge is 0.452 e. The van der Waals surface area contributed by atoms with Gasteiger partial charge in [0.1, 0.15) is 11.2 Å². The SMILES string of the molecule is c1ccc(-c2nc(-c3ccccc3)nc(-c3ccc(-n4c5ccccc5c5ccc6c7ccccc7n(-c7ccccc7)c6c54)cc3)n2)cc1.c1ccc2c(c1)c1ccccc1n2-c1ccc2oc3c(-n4c5ccccc5c5ccccc54)nccc3c2c1.c1ccc2c(c1)nc1n(-c3ccc4c(c3)c3ccccc3n4-c3ccc4oc5ncccc5c4c3)c3ccccc3n21. The van der Waals surface area contributed by atoms with Crippen LogP contribution in [0.15, 0.2) is 440 Å². The van der Waals surface area contributed by atoms with Crippen LogP contribution in [-0.4, -0.2) is 61.7 Å². The zero-order valence-electron chi connectivity index (χ0n) is 70.1. The monoisotopic (exact) mass is 1680 g/mol. The van der Waals surface area contributed by atoms with Crippen LogP contribution in [-0.2, 0) is 0 Å². The highest BCUT2D eigenvalue weighted by Crippen LogP contribution is 2.46. The van der Waals surface area contributed by atoms with E-state index in [9.17, 15) is 0 Å². The minimum atomic E-state index is 0.637. The van der Waals surface area contributed by atoms with Gasteiger partial charge in [0.15, 0.2) is 28.9 Å². The van der Waals surface area contributed by atoms with Gasteiger partial charge in [-0.2, -0.15) is 0 Å². The molecule has 29 aromatic rings. The van der Waals surface area contributed by atoms with Gasteiger partial charge in [-0.05, 0) is 176 Å². The van der Waals surface area contributed by atoms with Crippen LogP contribution in [0.1, 0.15) is 0 Å². The Labute approximate surface area is 746 Å². The number of rotatable bonds is 9. The highest BCUT2D eigenvalue weighted by atomic mass is 16.3. The maximum atomic E-state index is 6.56. The average molecular weight is 1680 g/mol. The maximum absolute atomic E-state index is 6.56. The first-order valence-corrected chi connectivity index (χ1v) is 44.0. The van der Waals surface area contributed by atoms with E-state index in [0.717, 1.165) is 145 Å². The Hall–Kier alpha value is -18.1. The summed E-state index contributed by atoms with van der Waals surface area (Å²) in [5.41, 5.74) is 27.4. The third-order valence-corrected chi connectivity index (χ3v) is 26.1. The first-order chi connectivity index (χ1) is 65.0. The van der Waals surface area contributed by atoms with Gasteiger partial charge < -0.3 is 27.1 Å². The summed E-state index contributed by atoms with van der Waals surface area (Å²) in [6.07, 6.45) is 3.66. The minimum absolute atomic E-state index is 0.637. The topological polar surface area (TPSA) is 138 Å².